The van der Waals surface area contributed by atoms with Gasteiger partial charge in [-0.05, 0) is 32.3 Å². The normalized spacial score (nSPS) is 16.8. The van der Waals surface area contributed by atoms with Crippen LogP contribution in [0.25, 0.3) is 10.2 Å². The molecule has 1 aliphatic rings. The van der Waals surface area contributed by atoms with Gasteiger partial charge >= 0.3 is 0 Å². The van der Waals surface area contributed by atoms with Gasteiger partial charge in [-0.15, -0.1) is 11.3 Å². The number of hydrogen-bond acceptors (Lipinski definition) is 4. The first-order chi connectivity index (χ1) is 8.25. The Bertz CT molecular complexity index is 541. The van der Waals surface area contributed by atoms with E-state index in [1.54, 1.807) is 17.7 Å². The third kappa shape index (κ3) is 1.90. The van der Waals surface area contributed by atoms with Crippen LogP contribution < -0.4 is 5.32 Å². The molecular weight excluding hydrogens is 230 g/mol. The molecule has 1 saturated carbocycles. The van der Waals surface area contributed by atoms with Gasteiger partial charge in [-0.25, -0.2) is 9.97 Å². The Morgan fingerprint density at radius 3 is 2.76 bits per heavy atom. The van der Waals surface area contributed by atoms with E-state index in [4.69, 9.17) is 0 Å². The zero-order valence-corrected chi connectivity index (χ0v) is 11.1. The molecule has 2 aromatic rings. The average molecular weight is 247 g/mol. The number of hydrogen-bond donors (Lipinski definition) is 1. The Morgan fingerprint density at radius 1 is 1.24 bits per heavy atom. The van der Waals surface area contributed by atoms with Gasteiger partial charge in [0.25, 0.3) is 0 Å². The van der Waals surface area contributed by atoms with Crippen LogP contribution in [0.15, 0.2) is 6.33 Å². The number of aryl methyl sites for hydroxylation is 2. The molecule has 0 atom stereocenters. The highest BCUT2D eigenvalue weighted by atomic mass is 32.1. The van der Waals surface area contributed by atoms with Gasteiger partial charge in [0.15, 0.2) is 0 Å². The predicted molar refractivity (Wildman–Crippen MR) is 72.8 cm³/mol. The fourth-order valence-electron chi connectivity index (χ4n) is 2.56. The molecule has 0 amide bonds. The van der Waals surface area contributed by atoms with Gasteiger partial charge in [-0.3, -0.25) is 0 Å². The van der Waals surface area contributed by atoms with E-state index in [-0.39, 0.29) is 0 Å². The van der Waals surface area contributed by atoms with Crippen molar-refractivity contribution in [1.82, 2.24) is 9.97 Å². The molecule has 4 heteroatoms. The van der Waals surface area contributed by atoms with Gasteiger partial charge in [0.2, 0.25) is 0 Å². The van der Waals surface area contributed by atoms with Crippen LogP contribution in [-0.2, 0) is 0 Å². The summed E-state index contributed by atoms with van der Waals surface area (Å²) in [5, 5.41) is 4.82. The Kier molecular flexibility index (Phi) is 2.74. The number of nitrogens with one attached hydrogen (secondary N) is 1. The summed E-state index contributed by atoms with van der Waals surface area (Å²) in [6, 6.07) is 0.604. The molecule has 17 heavy (non-hydrogen) atoms. The van der Waals surface area contributed by atoms with Crippen molar-refractivity contribution in [3.63, 3.8) is 0 Å². The second-order valence-corrected chi connectivity index (χ2v) is 6.01. The third-order valence-electron chi connectivity index (χ3n) is 3.66. The van der Waals surface area contributed by atoms with E-state index in [9.17, 15) is 0 Å². The largest absolute Gasteiger partial charge is 0.367 e. The molecule has 0 aromatic carbocycles. The number of fused-ring (bicyclic) bond motifs is 1. The van der Waals surface area contributed by atoms with E-state index in [2.05, 4.69) is 29.1 Å². The SMILES string of the molecule is Cc1sc2ncnc(NC3CCCC3)c2c1C. The van der Waals surface area contributed by atoms with Crippen molar-refractivity contribution in [2.24, 2.45) is 0 Å². The Morgan fingerprint density at radius 2 is 2.00 bits per heavy atom. The van der Waals surface area contributed by atoms with Crippen LogP contribution in [0.2, 0.25) is 0 Å². The second kappa shape index (κ2) is 4.26. The molecular formula is C13H17N3S. The molecule has 3 rings (SSSR count). The predicted octanol–water partition coefficient (Wildman–Crippen LogP) is 3.66. The van der Waals surface area contributed by atoms with Crippen LogP contribution in [0, 0.1) is 13.8 Å². The van der Waals surface area contributed by atoms with Crippen LogP contribution in [0.3, 0.4) is 0 Å². The molecule has 90 valence electrons. The van der Waals surface area contributed by atoms with Gasteiger partial charge < -0.3 is 5.32 Å². The van der Waals surface area contributed by atoms with E-state index >= 15 is 0 Å². The van der Waals surface area contributed by atoms with Crippen LogP contribution in [0.4, 0.5) is 5.82 Å². The van der Waals surface area contributed by atoms with Gasteiger partial charge in [-0.2, -0.15) is 0 Å². The highest BCUT2D eigenvalue weighted by Gasteiger charge is 2.18. The molecule has 1 N–H and O–H groups in total. The fourth-order valence-corrected chi connectivity index (χ4v) is 3.55. The lowest BCUT2D eigenvalue weighted by molar-refractivity contribution is 0.751. The maximum absolute atomic E-state index is 4.43. The van der Waals surface area contributed by atoms with E-state index in [1.807, 2.05) is 0 Å². The topological polar surface area (TPSA) is 37.8 Å². The molecule has 0 radical (unpaired) electrons. The summed E-state index contributed by atoms with van der Waals surface area (Å²) in [5.41, 5.74) is 1.33. The summed E-state index contributed by atoms with van der Waals surface area (Å²) in [7, 11) is 0. The fraction of sp³-hybridized carbons (Fsp3) is 0.538. The quantitative estimate of drug-likeness (QED) is 0.880. The lowest BCUT2D eigenvalue weighted by Gasteiger charge is -2.13. The highest BCUT2D eigenvalue weighted by Crippen LogP contribution is 2.33. The molecule has 3 nitrogen and oxygen atoms in total. The first-order valence-electron chi connectivity index (χ1n) is 6.23. The van der Waals surface area contributed by atoms with Crippen molar-refractivity contribution in [3.05, 3.63) is 16.8 Å². The number of nitrogens with zero attached hydrogens (tertiary/aromatic N) is 2. The smallest absolute Gasteiger partial charge is 0.138 e. The lowest BCUT2D eigenvalue weighted by atomic mass is 10.2. The van der Waals surface area contributed by atoms with Crippen molar-refractivity contribution in [2.75, 3.05) is 5.32 Å². The summed E-state index contributed by atoms with van der Waals surface area (Å²) in [6.07, 6.45) is 6.90. The zero-order valence-electron chi connectivity index (χ0n) is 10.3. The molecule has 0 aliphatic heterocycles. The van der Waals surface area contributed by atoms with Crippen molar-refractivity contribution in [2.45, 2.75) is 45.6 Å². The first kappa shape index (κ1) is 11.0. The van der Waals surface area contributed by atoms with E-state index in [1.165, 1.54) is 41.5 Å². The number of rotatable bonds is 2. The minimum absolute atomic E-state index is 0.604. The molecule has 1 aliphatic carbocycles. The summed E-state index contributed by atoms with van der Waals surface area (Å²) in [6.45, 7) is 4.32. The van der Waals surface area contributed by atoms with Crippen LogP contribution in [0.1, 0.15) is 36.1 Å². The third-order valence-corrected chi connectivity index (χ3v) is 4.78. The second-order valence-electron chi connectivity index (χ2n) is 4.81. The molecule has 2 heterocycles. The van der Waals surface area contributed by atoms with Crippen LogP contribution in [0.5, 0.6) is 0 Å². The number of anilines is 1. The Balaban J connectivity index is 2.02. The lowest BCUT2D eigenvalue weighted by Crippen LogP contribution is -2.15. The summed E-state index contributed by atoms with van der Waals surface area (Å²) < 4.78 is 0. The maximum Gasteiger partial charge on any atom is 0.138 e. The molecule has 1 fully saturated rings. The van der Waals surface area contributed by atoms with Gasteiger partial charge in [0.05, 0.1) is 5.39 Å². The van der Waals surface area contributed by atoms with Crippen molar-refractivity contribution >= 4 is 27.4 Å². The molecule has 0 saturated heterocycles. The number of aromatic nitrogens is 2. The molecule has 0 unspecified atom stereocenters. The minimum Gasteiger partial charge on any atom is -0.367 e. The highest BCUT2D eigenvalue weighted by molar-refractivity contribution is 7.18. The molecule has 2 aromatic heterocycles. The van der Waals surface area contributed by atoms with Gasteiger partial charge in [0.1, 0.15) is 17.0 Å². The minimum atomic E-state index is 0.604. The van der Waals surface area contributed by atoms with E-state index < -0.39 is 0 Å². The summed E-state index contributed by atoms with van der Waals surface area (Å²) in [4.78, 5) is 11.2. The maximum atomic E-state index is 4.43. The van der Waals surface area contributed by atoms with Crippen molar-refractivity contribution in [3.8, 4) is 0 Å². The Hall–Kier alpha value is -1.16. The first-order valence-corrected chi connectivity index (χ1v) is 7.04. The van der Waals surface area contributed by atoms with E-state index in [0.29, 0.717) is 6.04 Å². The number of thiophene rings is 1. The standard InChI is InChI=1S/C13H17N3S/c1-8-9(2)17-13-11(8)12(14-7-15-13)16-10-5-3-4-6-10/h7,10H,3-6H2,1-2H3,(H,14,15,16). The Labute approximate surface area is 105 Å². The monoisotopic (exact) mass is 247 g/mol. The van der Waals surface area contributed by atoms with E-state index in [0.717, 1.165) is 10.6 Å². The summed E-state index contributed by atoms with van der Waals surface area (Å²) >= 11 is 1.76. The molecule has 0 spiro atoms. The average Bonchev–Trinajstić information content (AvgIpc) is 2.90. The zero-order chi connectivity index (χ0) is 11.8. The van der Waals surface area contributed by atoms with Crippen LogP contribution in [-0.4, -0.2) is 16.0 Å². The molecule has 0 bridgehead atoms. The van der Waals surface area contributed by atoms with Gasteiger partial charge in [0, 0.05) is 10.9 Å². The van der Waals surface area contributed by atoms with Gasteiger partial charge in [-0.1, -0.05) is 12.8 Å². The van der Waals surface area contributed by atoms with Crippen molar-refractivity contribution in [1.29, 1.82) is 0 Å². The van der Waals surface area contributed by atoms with Crippen molar-refractivity contribution < 1.29 is 0 Å². The van der Waals surface area contributed by atoms with Crippen LogP contribution >= 0.6 is 11.3 Å². The summed E-state index contributed by atoms with van der Waals surface area (Å²) in [5.74, 6) is 1.03.